The second kappa shape index (κ2) is 7.60. The Balaban J connectivity index is 1.69. The molecule has 1 aromatic heterocycles. The van der Waals surface area contributed by atoms with Gasteiger partial charge < -0.3 is 9.15 Å². The summed E-state index contributed by atoms with van der Waals surface area (Å²) in [6.45, 7) is 7.02. The van der Waals surface area contributed by atoms with Gasteiger partial charge in [-0.1, -0.05) is 30.3 Å². The van der Waals surface area contributed by atoms with E-state index in [9.17, 15) is 9.59 Å². The Morgan fingerprint density at radius 1 is 0.923 bits per heavy atom. The molecule has 3 aromatic rings. The number of para-hydroxylation sites is 2. The Morgan fingerprint density at radius 2 is 1.58 bits per heavy atom. The first kappa shape index (κ1) is 18.0. The van der Waals surface area contributed by atoms with Gasteiger partial charge in [0.1, 0.15) is 5.75 Å². The van der Waals surface area contributed by atoms with E-state index < -0.39 is 11.4 Å². The van der Waals surface area contributed by atoms with Crippen molar-refractivity contribution in [2.24, 2.45) is 0 Å². The van der Waals surface area contributed by atoms with Crippen LogP contribution in [0, 0.1) is 20.8 Å². The third-order valence-electron chi connectivity index (χ3n) is 4.56. The minimum atomic E-state index is -0.604. The zero-order chi connectivity index (χ0) is 18.7. The summed E-state index contributed by atoms with van der Waals surface area (Å²) >= 11 is 0. The van der Waals surface area contributed by atoms with Crippen LogP contribution < -0.4 is 16.1 Å². The van der Waals surface area contributed by atoms with E-state index in [1.165, 1.54) is 0 Å². The Bertz CT molecular complexity index is 1030. The lowest BCUT2D eigenvalue weighted by molar-refractivity contribution is 0.297. The van der Waals surface area contributed by atoms with Crippen LogP contribution in [0.25, 0.3) is 10.9 Å². The van der Waals surface area contributed by atoms with Crippen LogP contribution in [0.4, 0.5) is 0 Å². The summed E-state index contributed by atoms with van der Waals surface area (Å²) < 4.78 is 12.3. The van der Waals surface area contributed by atoms with E-state index in [-0.39, 0.29) is 0 Å². The van der Waals surface area contributed by atoms with Crippen LogP contribution in [0.15, 0.2) is 50.4 Å². The molecule has 0 unspecified atom stereocenters. The average molecular weight is 353 g/mol. The zero-order valence-electron chi connectivity index (χ0n) is 15.4. The minimum absolute atomic E-state index is 0.441. The molecule has 0 spiro atoms. The summed E-state index contributed by atoms with van der Waals surface area (Å²) in [7, 11) is 0. The number of hydrogen-bond acceptors (Lipinski definition) is 4. The lowest BCUT2D eigenvalue weighted by Gasteiger charge is -2.13. The molecule has 0 atom stereocenters. The molecule has 26 heavy (non-hydrogen) atoms. The largest absolute Gasteiger partial charge is 0.493 e. The number of nitrogens with zero attached hydrogens (tertiary/aromatic N) is 1. The topological polar surface area (TPSA) is 61.4 Å². The molecular formula is C21H23NO4. The van der Waals surface area contributed by atoms with Crippen molar-refractivity contribution in [3.8, 4) is 5.75 Å². The molecule has 0 aliphatic heterocycles. The highest BCUT2D eigenvalue weighted by Gasteiger charge is 2.11. The number of rotatable bonds is 6. The van der Waals surface area contributed by atoms with Gasteiger partial charge in [-0.3, -0.25) is 4.57 Å². The fourth-order valence-electron chi connectivity index (χ4n) is 3.24. The van der Waals surface area contributed by atoms with Crippen LogP contribution in [0.3, 0.4) is 0 Å². The predicted molar refractivity (Wildman–Crippen MR) is 102 cm³/mol. The lowest BCUT2D eigenvalue weighted by Crippen LogP contribution is -2.25. The maximum Gasteiger partial charge on any atom is 0.422 e. The molecule has 3 rings (SSSR count). The summed E-state index contributed by atoms with van der Waals surface area (Å²) in [5, 5.41) is 0.441. The quantitative estimate of drug-likeness (QED) is 0.634. The van der Waals surface area contributed by atoms with E-state index in [1.807, 2.05) is 45.0 Å². The molecule has 0 amide bonds. The third-order valence-corrected chi connectivity index (χ3v) is 4.56. The summed E-state index contributed by atoms with van der Waals surface area (Å²) in [5.41, 5.74) is 3.20. The minimum Gasteiger partial charge on any atom is -0.493 e. The van der Waals surface area contributed by atoms with Crippen LogP contribution in [0.2, 0.25) is 0 Å². The molecule has 0 N–H and O–H groups in total. The lowest BCUT2D eigenvalue weighted by atomic mass is 10.1. The van der Waals surface area contributed by atoms with E-state index in [0.717, 1.165) is 35.3 Å². The Kier molecular flexibility index (Phi) is 5.26. The molecule has 0 saturated heterocycles. The van der Waals surface area contributed by atoms with Crippen LogP contribution in [0.1, 0.15) is 29.5 Å². The molecule has 2 aromatic carbocycles. The molecule has 0 aliphatic carbocycles. The van der Waals surface area contributed by atoms with Gasteiger partial charge in [-0.25, -0.2) is 9.59 Å². The summed E-state index contributed by atoms with van der Waals surface area (Å²) in [6.07, 6.45) is 1.55. The van der Waals surface area contributed by atoms with Gasteiger partial charge in [0.15, 0.2) is 0 Å². The van der Waals surface area contributed by atoms with Gasteiger partial charge in [0.2, 0.25) is 0 Å². The van der Waals surface area contributed by atoms with Gasteiger partial charge in [0, 0.05) is 6.54 Å². The highest BCUT2D eigenvalue weighted by Crippen LogP contribution is 2.22. The van der Waals surface area contributed by atoms with Gasteiger partial charge in [0.25, 0.3) is 0 Å². The molecule has 0 fully saturated rings. The number of aryl methyl sites for hydroxylation is 4. The van der Waals surface area contributed by atoms with Crippen LogP contribution in [0.5, 0.6) is 5.75 Å². The predicted octanol–water partition coefficient (Wildman–Crippen LogP) is 3.74. The smallest absolute Gasteiger partial charge is 0.422 e. The molecule has 1 heterocycles. The molecular weight excluding hydrogens is 330 g/mol. The van der Waals surface area contributed by atoms with Gasteiger partial charge >= 0.3 is 11.4 Å². The maximum atomic E-state index is 12.1. The molecule has 5 heteroatoms. The molecule has 0 saturated carbocycles. The van der Waals surface area contributed by atoms with Crippen molar-refractivity contribution in [1.82, 2.24) is 4.57 Å². The zero-order valence-corrected chi connectivity index (χ0v) is 15.4. The average Bonchev–Trinajstić information content (AvgIpc) is 2.59. The molecule has 0 radical (unpaired) electrons. The molecule has 136 valence electrons. The van der Waals surface area contributed by atoms with Gasteiger partial charge in [-0.05, 0) is 56.4 Å². The molecule has 0 bridgehead atoms. The standard InChI is InChI=1S/C21H23NO4/c1-14-8-7-11-17-18(14)22(21(24)26-20(17)23)12-4-5-13-25-19-15(2)9-6-10-16(19)3/h6-11H,4-5,12-13H2,1-3H3. The van der Waals surface area contributed by atoms with Crippen molar-refractivity contribution in [1.29, 1.82) is 0 Å². The third kappa shape index (κ3) is 3.57. The highest BCUT2D eigenvalue weighted by atomic mass is 16.5. The number of hydrogen-bond donors (Lipinski definition) is 0. The highest BCUT2D eigenvalue weighted by molar-refractivity contribution is 5.80. The maximum absolute atomic E-state index is 12.1. The number of benzene rings is 2. The first-order valence-corrected chi connectivity index (χ1v) is 8.81. The van der Waals surface area contributed by atoms with Gasteiger partial charge in [-0.2, -0.15) is 0 Å². The van der Waals surface area contributed by atoms with E-state index in [1.54, 1.807) is 16.7 Å². The monoisotopic (exact) mass is 353 g/mol. The summed E-state index contributed by atoms with van der Waals surface area (Å²) in [6, 6.07) is 11.4. The van der Waals surface area contributed by atoms with E-state index in [2.05, 4.69) is 0 Å². The van der Waals surface area contributed by atoms with Crippen LogP contribution in [-0.2, 0) is 6.54 Å². The first-order valence-electron chi connectivity index (χ1n) is 8.81. The fourth-order valence-corrected chi connectivity index (χ4v) is 3.24. The molecule has 5 nitrogen and oxygen atoms in total. The SMILES string of the molecule is Cc1cccc(C)c1OCCCCn1c(=O)oc(=O)c2cccc(C)c21. The Labute approximate surface area is 151 Å². The van der Waals surface area contributed by atoms with Gasteiger partial charge in [-0.15, -0.1) is 0 Å². The van der Waals surface area contributed by atoms with E-state index in [4.69, 9.17) is 9.15 Å². The normalized spacial score (nSPS) is 11.0. The Hall–Kier alpha value is -2.82. The molecule has 0 aliphatic rings. The van der Waals surface area contributed by atoms with Crippen molar-refractivity contribution in [3.63, 3.8) is 0 Å². The number of unbranched alkanes of at least 4 members (excludes halogenated alkanes) is 1. The van der Waals surface area contributed by atoms with Gasteiger partial charge in [0.05, 0.1) is 17.5 Å². The van der Waals surface area contributed by atoms with Crippen LogP contribution in [-0.4, -0.2) is 11.2 Å². The first-order chi connectivity index (χ1) is 12.5. The van der Waals surface area contributed by atoms with Crippen LogP contribution >= 0.6 is 0 Å². The van der Waals surface area contributed by atoms with E-state index >= 15 is 0 Å². The van der Waals surface area contributed by atoms with Crippen molar-refractivity contribution >= 4 is 10.9 Å². The fraction of sp³-hybridized carbons (Fsp3) is 0.333. The van der Waals surface area contributed by atoms with Crippen molar-refractivity contribution in [2.75, 3.05) is 6.61 Å². The Morgan fingerprint density at radius 3 is 2.31 bits per heavy atom. The van der Waals surface area contributed by atoms with E-state index in [0.29, 0.717) is 24.1 Å². The number of aromatic nitrogens is 1. The van der Waals surface area contributed by atoms with Crippen molar-refractivity contribution in [3.05, 3.63) is 74.1 Å². The van der Waals surface area contributed by atoms with Crippen molar-refractivity contribution < 1.29 is 9.15 Å². The van der Waals surface area contributed by atoms with Crippen molar-refractivity contribution in [2.45, 2.75) is 40.2 Å². The number of fused-ring (bicyclic) bond motifs is 1. The summed E-state index contributed by atoms with van der Waals surface area (Å²) in [4.78, 5) is 24.0. The number of ether oxygens (including phenoxy) is 1. The second-order valence-corrected chi connectivity index (χ2v) is 6.55. The summed E-state index contributed by atoms with van der Waals surface area (Å²) in [5.74, 6) is 0.323. The second-order valence-electron chi connectivity index (χ2n) is 6.55.